The van der Waals surface area contributed by atoms with Crippen molar-refractivity contribution in [1.82, 2.24) is 19.7 Å². The average Bonchev–Trinajstić information content (AvgIpc) is 3.16. The molecule has 2 aromatic heterocycles. The summed E-state index contributed by atoms with van der Waals surface area (Å²) in [6.07, 6.45) is 7.80. The minimum atomic E-state index is -0.454. The van der Waals surface area contributed by atoms with Gasteiger partial charge in [-0.2, -0.15) is 0 Å². The molecule has 1 amide bonds. The highest BCUT2D eigenvalue weighted by atomic mass is 35.5. The van der Waals surface area contributed by atoms with Crippen LogP contribution in [0.5, 0.6) is 5.75 Å². The standard InChI is InChI=1S/C22H24ClN5O2/c1-15-25-21(27-28(15)18-11-6-5-10-17(18)23)22(29)26-20-19(12-7-13-24-20)30-14-16-8-3-2-4-9-16/h5-7,10-13,16H,2-4,8-9,14H2,1H3,(H,24,26,29). The van der Waals surface area contributed by atoms with Gasteiger partial charge in [0.25, 0.3) is 5.91 Å². The van der Waals surface area contributed by atoms with Gasteiger partial charge < -0.3 is 10.1 Å². The number of nitrogens with one attached hydrogen (secondary N) is 1. The van der Waals surface area contributed by atoms with Gasteiger partial charge in [-0.25, -0.2) is 14.6 Å². The first-order valence-electron chi connectivity index (χ1n) is 10.2. The van der Waals surface area contributed by atoms with E-state index < -0.39 is 5.91 Å². The molecule has 1 aromatic carbocycles. The van der Waals surface area contributed by atoms with E-state index in [0.29, 0.717) is 40.6 Å². The molecule has 0 atom stereocenters. The number of ether oxygens (including phenoxy) is 1. The zero-order valence-electron chi connectivity index (χ0n) is 16.8. The first kappa shape index (κ1) is 20.3. The summed E-state index contributed by atoms with van der Waals surface area (Å²) in [6, 6.07) is 10.9. The molecule has 30 heavy (non-hydrogen) atoms. The number of aryl methyl sites for hydroxylation is 1. The molecule has 3 aromatic rings. The van der Waals surface area contributed by atoms with Crippen molar-refractivity contribution in [1.29, 1.82) is 0 Å². The summed E-state index contributed by atoms with van der Waals surface area (Å²) in [5.41, 5.74) is 0.664. The van der Waals surface area contributed by atoms with E-state index in [4.69, 9.17) is 16.3 Å². The van der Waals surface area contributed by atoms with E-state index in [1.807, 2.05) is 24.3 Å². The van der Waals surface area contributed by atoms with Crippen LogP contribution in [0.25, 0.3) is 5.69 Å². The second kappa shape index (κ2) is 9.26. The molecule has 1 N–H and O–H groups in total. The maximum absolute atomic E-state index is 12.8. The fraction of sp³-hybridized carbons (Fsp3) is 0.364. The number of amides is 1. The van der Waals surface area contributed by atoms with E-state index in [-0.39, 0.29) is 5.82 Å². The molecule has 7 nitrogen and oxygen atoms in total. The largest absolute Gasteiger partial charge is 0.489 e. The quantitative estimate of drug-likeness (QED) is 0.611. The molecular weight excluding hydrogens is 402 g/mol. The van der Waals surface area contributed by atoms with Gasteiger partial charge in [0.05, 0.1) is 17.3 Å². The number of carbonyl (C=O) groups excluding carboxylic acids is 1. The molecule has 1 aliphatic rings. The third-order valence-electron chi connectivity index (χ3n) is 5.25. The number of rotatable bonds is 6. The summed E-state index contributed by atoms with van der Waals surface area (Å²) < 4.78 is 7.54. The van der Waals surface area contributed by atoms with Crippen molar-refractivity contribution in [3.05, 3.63) is 59.3 Å². The highest BCUT2D eigenvalue weighted by Crippen LogP contribution is 2.27. The number of carbonyl (C=O) groups is 1. The van der Waals surface area contributed by atoms with Crippen LogP contribution in [0, 0.1) is 12.8 Å². The Balaban J connectivity index is 1.48. The lowest BCUT2D eigenvalue weighted by molar-refractivity contribution is 0.101. The Bertz CT molecular complexity index is 1030. The number of nitrogens with zero attached hydrogens (tertiary/aromatic N) is 4. The zero-order valence-corrected chi connectivity index (χ0v) is 17.6. The highest BCUT2D eigenvalue weighted by Gasteiger charge is 2.20. The van der Waals surface area contributed by atoms with Crippen LogP contribution in [0.2, 0.25) is 5.02 Å². The molecule has 0 bridgehead atoms. The Morgan fingerprint density at radius 2 is 2.00 bits per heavy atom. The molecule has 0 radical (unpaired) electrons. The second-order valence-corrected chi connectivity index (χ2v) is 7.87. The van der Waals surface area contributed by atoms with E-state index in [1.54, 1.807) is 29.9 Å². The molecule has 1 aliphatic carbocycles. The molecule has 0 saturated heterocycles. The van der Waals surface area contributed by atoms with Crippen molar-refractivity contribution in [2.24, 2.45) is 5.92 Å². The number of halogens is 1. The van der Waals surface area contributed by atoms with Crippen molar-refractivity contribution in [3.63, 3.8) is 0 Å². The Morgan fingerprint density at radius 3 is 2.80 bits per heavy atom. The second-order valence-electron chi connectivity index (χ2n) is 7.47. The summed E-state index contributed by atoms with van der Waals surface area (Å²) in [7, 11) is 0. The molecular formula is C22H24ClN5O2. The minimum absolute atomic E-state index is 0.0382. The van der Waals surface area contributed by atoms with Gasteiger partial charge in [-0.15, -0.1) is 5.10 Å². The highest BCUT2D eigenvalue weighted by molar-refractivity contribution is 6.32. The summed E-state index contributed by atoms with van der Waals surface area (Å²) in [5, 5.41) is 7.63. The first-order chi connectivity index (χ1) is 14.6. The summed E-state index contributed by atoms with van der Waals surface area (Å²) >= 11 is 6.25. The number of hydrogen-bond donors (Lipinski definition) is 1. The van der Waals surface area contributed by atoms with E-state index in [1.165, 1.54) is 32.1 Å². The van der Waals surface area contributed by atoms with Gasteiger partial charge in [0, 0.05) is 6.20 Å². The van der Waals surface area contributed by atoms with Crippen LogP contribution in [-0.2, 0) is 0 Å². The van der Waals surface area contributed by atoms with E-state index in [9.17, 15) is 4.79 Å². The van der Waals surface area contributed by atoms with Crippen LogP contribution in [-0.4, -0.2) is 32.3 Å². The summed E-state index contributed by atoms with van der Waals surface area (Å²) in [6.45, 7) is 2.40. The monoisotopic (exact) mass is 425 g/mol. The van der Waals surface area contributed by atoms with E-state index in [0.717, 1.165) is 0 Å². The van der Waals surface area contributed by atoms with Crippen molar-refractivity contribution in [2.75, 3.05) is 11.9 Å². The van der Waals surface area contributed by atoms with Gasteiger partial charge in [-0.3, -0.25) is 4.79 Å². The molecule has 156 valence electrons. The van der Waals surface area contributed by atoms with Crippen LogP contribution >= 0.6 is 11.6 Å². The average molecular weight is 426 g/mol. The van der Waals surface area contributed by atoms with E-state index >= 15 is 0 Å². The maximum atomic E-state index is 12.8. The van der Waals surface area contributed by atoms with Gasteiger partial charge in [-0.05, 0) is 49.9 Å². The fourth-order valence-corrected chi connectivity index (χ4v) is 3.88. The number of anilines is 1. The maximum Gasteiger partial charge on any atom is 0.296 e. The van der Waals surface area contributed by atoms with Gasteiger partial charge in [0.1, 0.15) is 5.82 Å². The third-order valence-corrected chi connectivity index (χ3v) is 5.57. The number of aromatic nitrogens is 4. The predicted octanol–water partition coefficient (Wildman–Crippen LogP) is 4.84. The van der Waals surface area contributed by atoms with Gasteiger partial charge in [0.2, 0.25) is 5.82 Å². The lowest BCUT2D eigenvalue weighted by Crippen LogP contribution is -2.18. The first-order valence-corrected chi connectivity index (χ1v) is 10.6. The molecule has 0 aliphatic heterocycles. The predicted molar refractivity (Wildman–Crippen MR) is 115 cm³/mol. The molecule has 1 saturated carbocycles. The van der Waals surface area contributed by atoms with Crippen LogP contribution in [0.4, 0.5) is 5.82 Å². The van der Waals surface area contributed by atoms with Crippen LogP contribution in [0.1, 0.15) is 48.5 Å². The zero-order chi connectivity index (χ0) is 20.9. The van der Waals surface area contributed by atoms with Crippen LogP contribution in [0.3, 0.4) is 0 Å². The Kier molecular flexibility index (Phi) is 6.28. The molecule has 2 heterocycles. The molecule has 4 rings (SSSR count). The van der Waals surface area contributed by atoms with Crippen molar-refractivity contribution in [2.45, 2.75) is 39.0 Å². The lowest BCUT2D eigenvalue weighted by Gasteiger charge is -2.22. The molecule has 0 spiro atoms. The van der Waals surface area contributed by atoms with Gasteiger partial charge in [-0.1, -0.05) is 43.0 Å². The third kappa shape index (κ3) is 4.62. The molecule has 8 heteroatoms. The van der Waals surface area contributed by atoms with Crippen LogP contribution < -0.4 is 10.1 Å². The van der Waals surface area contributed by atoms with E-state index in [2.05, 4.69) is 20.4 Å². The fourth-order valence-electron chi connectivity index (χ4n) is 3.66. The SMILES string of the molecule is Cc1nc(C(=O)Nc2ncccc2OCC2CCCCC2)nn1-c1ccccc1Cl. The number of hydrogen-bond acceptors (Lipinski definition) is 5. The molecule has 0 unspecified atom stereocenters. The molecule has 1 fully saturated rings. The Morgan fingerprint density at radius 1 is 1.20 bits per heavy atom. The Labute approximate surface area is 180 Å². The Hall–Kier alpha value is -2.93. The lowest BCUT2D eigenvalue weighted by atomic mass is 9.90. The smallest absolute Gasteiger partial charge is 0.296 e. The number of para-hydroxylation sites is 1. The van der Waals surface area contributed by atoms with Gasteiger partial charge >= 0.3 is 0 Å². The number of benzene rings is 1. The van der Waals surface area contributed by atoms with Gasteiger partial charge in [0.15, 0.2) is 11.6 Å². The van der Waals surface area contributed by atoms with Crippen molar-refractivity contribution >= 4 is 23.3 Å². The topological polar surface area (TPSA) is 81.9 Å². The number of pyridine rings is 1. The van der Waals surface area contributed by atoms with Crippen LogP contribution in [0.15, 0.2) is 42.6 Å². The van der Waals surface area contributed by atoms with Crippen molar-refractivity contribution < 1.29 is 9.53 Å². The minimum Gasteiger partial charge on any atom is -0.489 e. The van der Waals surface area contributed by atoms with Crippen molar-refractivity contribution in [3.8, 4) is 11.4 Å². The summed E-state index contributed by atoms with van der Waals surface area (Å²) in [5.74, 6) is 1.62. The summed E-state index contributed by atoms with van der Waals surface area (Å²) in [4.78, 5) is 21.3. The normalized spacial score (nSPS) is 14.5.